The van der Waals surface area contributed by atoms with Crippen LogP contribution in [0.5, 0.6) is 11.5 Å². The molecule has 3 fully saturated rings. The molecule has 4 aromatic rings. The van der Waals surface area contributed by atoms with E-state index in [1.54, 1.807) is 36.4 Å². The number of allylic oxidation sites excluding steroid dienone is 2. The van der Waals surface area contributed by atoms with Crippen molar-refractivity contribution in [3.05, 3.63) is 135 Å². The van der Waals surface area contributed by atoms with Gasteiger partial charge in [-0.1, -0.05) is 77.3 Å². The van der Waals surface area contributed by atoms with Gasteiger partial charge in [0, 0.05) is 10.9 Å². The number of ether oxygens (including phenoxy) is 1. The van der Waals surface area contributed by atoms with E-state index in [2.05, 4.69) is 5.43 Å². The second-order valence-electron chi connectivity index (χ2n) is 13.7. The lowest BCUT2D eigenvalue weighted by atomic mass is 9.49. The third-order valence-corrected chi connectivity index (χ3v) is 11.7. The average molecular weight is 741 g/mol. The summed E-state index contributed by atoms with van der Waals surface area (Å²) < 4.78 is 19.4. The van der Waals surface area contributed by atoms with Crippen LogP contribution >= 0.6 is 23.2 Å². The molecule has 8 rings (SSSR count). The second kappa shape index (κ2) is 12.8. The third kappa shape index (κ3) is 5.10. The van der Waals surface area contributed by atoms with Gasteiger partial charge < -0.3 is 9.84 Å². The molecule has 0 radical (unpaired) electrons. The molecule has 2 aliphatic carbocycles. The Morgan fingerprint density at radius 2 is 1.62 bits per heavy atom. The predicted molar refractivity (Wildman–Crippen MR) is 191 cm³/mol. The van der Waals surface area contributed by atoms with E-state index in [9.17, 15) is 23.9 Å². The van der Waals surface area contributed by atoms with E-state index < -0.39 is 52.6 Å². The number of imide groups is 2. The number of carbonyl (C=O) groups is 4. The van der Waals surface area contributed by atoms with Crippen LogP contribution in [0.1, 0.15) is 35.4 Å². The van der Waals surface area contributed by atoms with Crippen molar-refractivity contribution >= 4 is 52.5 Å². The predicted octanol–water partition coefficient (Wildman–Crippen LogP) is 7.03. The molecule has 0 aromatic heterocycles. The van der Waals surface area contributed by atoms with Crippen LogP contribution in [0, 0.1) is 29.5 Å². The quantitative estimate of drug-likeness (QED) is 0.154. The smallest absolute Gasteiger partial charge is 0.260 e. The van der Waals surface area contributed by atoms with Crippen molar-refractivity contribution in [3.8, 4) is 11.5 Å². The van der Waals surface area contributed by atoms with Crippen LogP contribution in [0.25, 0.3) is 0 Å². The fourth-order valence-electron chi connectivity index (χ4n) is 8.93. The topological polar surface area (TPSA) is 116 Å². The second-order valence-corrected chi connectivity index (χ2v) is 14.5. The standard InChI is InChI=1S/C40H32Cl2FN3O6/c1-52-32-18-22(17-31(42)35(32)47)34-27-15-16-28-33(38(50)45(36(28)48)20-21-5-3-2-4-6-21)29(27)19-30-37(49)46(44-26-13-11-25(43)12-14-26)39(51)40(30,34)23-7-9-24(41)10-8-23/h2-15,17-18,28-30,33-34,44,47H,16,19-20H2,1H3. The maximum Gasteiger partial charge on any atom is 0.260 e. The molecule has 2 N–H and O–H groups in total. The number of carbonyl (C=O) groups excluding carboxylic acids is 4. The van der Waals surface area contributed by atoms with Crippen molar-refractivity contribution in [2.45, 2.75) is 30.7 Å². The Morgan fingerprint density at radius 1 is 0.904 bits per heavy atom. The lowest BCUT2D eigenvalue weighted by Crippen LogP contribution is -2.53. The molecule has 6 unspecified atom stereocenters. The molecule has 2 saturated heterocycles. The van der Waals surface area contributed by atoms with Crippen LogP contribution in [0.2, 0.25) is 10.0 Å². The number of anilines is 1. The molecule has 4 aliphatic rings. The van der Waals surface area contributed by atoms with Crippen LogP contribution in [0.15, 0.2) is 103 Å². The van der Waals surface area contributed by atoms with Crippen molar-refractivity contribution in [2.75, 3.05) is 12.5 Å². The van der Waals surface area contributed by atoms with E-state index in [4.69, 9.17) is 27.9 Å². The minimum Gasteiger partial charge on any atom is -0.503 e. The molecule has 4 amide bonds. The van der Waals surface area contributed by atoms with Crippen molar-refractivity contribution in [1.29, 1.82) is 0 Å². The molecule has 9 nitrogen and oxygen atoms in total. The maximum absolute atomic E-state index is 15.3. The van der Waals surface area contributed by atoms with Crippen molar-refractivity contribution in [3.63, 3.8) is 0 Å². The number of likely N-dealkylation sites (tertiary alicyclic amines) is 1. The van der Waals surface area contributed by atoms with Gasteiger partial charge in [-0.05, 0) is 84.0 Å². The monoisotopic (exact) mass is 739 g/mol. The SMILES string of the molecule is COc1cc(C2C3=CCC4C(=O)N(Cc5ccccc5)C(=O)C4C3CC3C(=O)N(Nc4ccc(F)cc4)C(=O)C32c2ccc(Cl)cc2)cc(Cl)c1O. The highest BCUT2D eigenvalue weighted by Gasteiger charge is 2.70. The average Bonchev–Trinajstić information content (AvgIpc) is 3.51. The van der Waals surface area contributed by atoms with Crippen LogP contribution < -0.4 is 10.2 Å². The van der Waals surface area contributed by atoms with E-state index in [1.807, 2.05) is 36.4 Å². The van der Waals surface area contributed by atoms with Gasteiger partial charge in [0.05, 0.1) is 47.5 Å². The Kier molecular flexibility index (Phi) is 8.34. The van der Waals surface area contributed by atoms with Crippen molar-refractivity contribution < 1.29 is 33.4 Å². The Morgan fingerprint density at radius 3 is 2.31 bits per heavy atom. The summed E-state index contributed by atoms with van der Waals surface area (Å²) in [5.74, 6) is -6.44. The highest BCUT2D eigenvalue weighted by molar-refractivity contribution is 6.32. The van der Waals surface area contributed by atoms with Gasteiger partial charge in [-0.15, -0.1) is 0 Å². The molecule has 4 aromatic carbocycles. The minimum absolute atomic E-state index is 0.0345. The summed E-state index contributed by atoms with van der Waals surface area (Å²) in [6.45, 7) is 0.118. The number of aromatic hydroxyl groups is 1. The minimum atomic E-state index is -1.61. The van der Waals surface area contributed by atoms with Crippen LogP contribution in [0.3, 0.4) is 0 Å². The zero-order valence-corrected chi connectivity index (χ0v) is 29.3. The zero-order chi connectivity index (χ0) is 36.5. The Bertz CT molecular complexity index is 2160. The molecular formula is C40H32Cl2FN3O6. The fourth-order valence-corrected chi connectivity index (χ4v) is 9.28. The highest BCUT2D eigenvalue weighted by atomic mass is 35.5. The van der Waals surface area contributed by atoms with Gasteiger partial charge in [0.15, 0.2) is 11.5 Å². The number of fused-ring (bicyclic) bond motifs is 4. The van der Waals surface area contributed by atoms with Gasteiger partial charge in [-0.3, -0.25) is 29.5 Å². The number of rotatable bonds is 7. The van der Waals surface area contributed by atoms with E-state index in [-0.39, 0.29) is 47.7 Å². The fraction of sp³-hybridized carbons (Fsp3) is 0.250. The summed E-state index contributed by atoms with van der Waals surface area (Å²) in [6, 6.07) is 24.4. The maximum atomic E-state index is 15.3. The number of halogens is 3. The molecule has 2 aliphatic heterocycles. The Balaban J connectivity index is 1.32. The number of methoxy groups -OCH3 is 1. The number of benzene rings is 4. The van der Waals surface area contributed by atoms with E-state index in [1.165, 1.54) is 36.3 Å². The van der Waals surface area contributed by atoms with Gasteiger partial charge in [0.2, 0.25) is 11.8 Å². The number of nitrogens with one attached hydrogen (secondary N) is 1. The molecule has 264 valence electrons. The molecule has 52 heavy (non-hydrogen) atoms. The van der Waals surface area contributed by atoms with Crippen LogP contribution in [0.4, 0.5) is 10.1 Å². The molecule has 2 heterocycles. The lowest BCUT2D eigenvalue weighted by molar-refractivity contribution is -0.142. The number of hydrogen-bond acceptors (Lipinski definition) is 7. The van der Waals surface area contributed by atoms with Gasteiger partial charge in [-0.2, -0.15) is 5.01 Å². The van der Waals surface area contributed by atoms with Gasteiger partial charge >= 0.3 is 0 Å². The third-order valence-electron chi connectivity index (χ3n) is 11.1. The summed E-state index contributed by atoms with van der Waals surface area (Å²) in [7, 11) is 1.38. The first-order valence-electron chi connectivity index (χ1n) is 16.9. The summed E-state index contributed by atoms with van der Waals surface area (Å²) >= 11 is 13.0. The number of hydrazine groups is 1. The largest absolute Gasteiger partial charge is 0.503 e. The Labute approximate surface area is 308 Å². The van der Waals surface area contributed by atoms with Gasteiger partial charge in [-0.25, -0.2) is 4.39 Å². The lowest BCUT2D eigenvalue weighted by Gasteiger charge is -2.50. The first-order valence-corrected chi connectivity index (χ1v) is 17.6. The number of phenolic OH excluding ortho intramolecular Hbond substituents is 1. The summed E-state index contributed by atoms with van der Waals surface area (Å²) in [5.41, 5.74) is 4.12. The number of nitrogens with zero attached hydrogens (tertiary/aromatic N) is 2. The zero-order valence-electron chi connectivity index (χ0n) is 27.8. The molecule has 6 atom stereocenters. The highest BCUT2D eigenvalue weighted by Crippen LogP contribution is 2.64. The molecule has 0 spiro atoms. The molecular weight excluding hydrogens is 708 g/mol. The van der Waals surface area contributed by atoms with E-state index in [0.29, 0.717) is 27.4 Å². The van der Waals surface area contributed by atoms with E-state index >= 15 is 4.79 Å². The number of hydrogen-bond donors (Lipinski definition) is 2. The summed E-state index contributed by atoms with van der Waals surface area (Å²) in [6.07, 6.45) is 2.26. The normalized spacial score (nSPS) is 26.5. The first kappa shape index (κ1) is 33.9. The van der Waals surface area contributed by atoms with Crippen LogP contribution in [-0.4, -0.2) is 45.8 Å². The molecule has 1 saturated carbocycles. The Hall–Kier alpha value is -5.19. The van der Waals surface area contributed by atoms with Crippen molar-refractivity contribution in [2.24, 2.45) is 23.7 Å². The number of amides is 4. The molecule has 0 bridgehead atoms. The molecule has 12 heteroatoms. The summed E-state index contributed by atoms with van der Waals surface area (Å²) in [5, 5.41) is 12.1. The van der Waals surface area contributed by atoms with Crippen LogP contribution in [-0.2, 0) is 31.1 Å². The van der Waals surface area contributed by atoms with E-state index in [0.717, 1.165) is 10.6 Å². The van der Waals surface area contributed by atoms with Gasteiger partial charge in [0.1, 0.15) is 5.82 Å². The van der Waals surface area contributed by atoms with Gasteiger partial charge in [0.25, 0.3) is 11.8 Å². The first-order chi connectivity index (χ1) is 25.0. The number of phenols is 1. The summed E-state index contributed by atoms with van der Waals surface area (Å²) in [4.78, 5) is 59.7. The van der Waals surface area contributed by atoms with Crippen molar-refractivity contribution in [1.82, 2.24) is 9.91 Å².